The summed E-state index contributed by atoms with van der Waals surface area (Å²) in [5.74, 6) is 0.725. The first-order valence-corrected chi connectivity index (χ1v) is 12.5. The van der Waals surface area contributed by atoms with Crippen molar-refractivity contribution in [2.75, 3.05) is 20.3 Å². The highest BCUT2D eigenvalue weighted by molar-refractivity contribution is 9.10. The second-order valence-electron chi connectivity index (χ2n) is 8.08. The van der Waals surface area contributed by atoms with E-state index >= 15 is 0 Å². The smallest absolute Gasteiger partial charge is 0.344 e. The Morgan fingerprint density at radius 2 is 1.92 bits per heavy atom. The van der Waals surface area contributed by atoms with Crippen LogP contribution in [0, 0.1) is 0 Å². The van der Waals surface area contributed by atoms with E-state index in [1.54, 1.807) is 37.3 Å². The first kappa shape index (κ1) is 25.2. The lowest BCUT2D eigenvalue weighted by molar-refractivity contribution is -0.145. The lowest BCUT2D eigenvalue weighted by Gasteiger charge is -2.14. The molecule has 5 aromatic rings. The summed E-state index contributed by atoms with van der Waals surface area (Å²) in [4.78, 5) is 30.2. The number of ether oxygens (including phenoxy) is 3. The van der Waals surface area contributed by atoms with Gasteiger partial charge < -0.3 is 18.6 Å². The Bertz CT molecular complexity index is 1710. The molecule has 0 radical (unpaired) electrons. The molecule has 2 heterocycles. The van der Waals surface area contributed by atoms with Crippen LogP contribution in [0.1, 0.15) is 12.5 Å². The maximum atomic E-state index is 13.6. The number of halogens is 1. The van der Waals surface area contributed by atoms with Crippen LogP contribution in [0.15, 0.2) is 85.5 Å². The number of esters is 1. The zero-order valence-electron chi connectivity index (χ0n) is 20.5. The normalized spacial score (nSPS) is 11.3. The van der Waals surface area contributed by atoms with Crippen molar-refractivity contribution in [1.82, 2.24) is 9.66 Å². The van der Waals surface area contributed by atoms with E-state index in [0.29, 0.717) is 38.0 Å². The minimum atomic E-state index is -0.525. The predicted molar refractivity (Wildman–Crippen MR) is 147 cm³/mol. The van der Waals surface area contributed by atoms with Gasteiger partial charge in [0.1, 0.15) is 5.58 Å². The number of rotatable bonds is 8. The highest BCUT2D eigenvalue weighted by atomic mass is 79.9. The minimum absolute atomic E-state index is 0.233. The van der Waals surface area contributed by atoms with E-state index < -0.39 is 5.97 Å². The fourth-order valence-electron chi connectivity index (χ4n) is 3.93. The zero-order chi connectivity index (χ0) is 26.6. The number of carbonyl (C=O) groups is 1. The summed E-state index contributed by atoms with van der Waals surface area (Å²) >= 11 is 3.45. The lowest BCUT2D eigenvalue weighted by atomic mass is 10.2. The molecule has 3 aromatic carbocycles. The highest BCUT2D eigenvalue weighted by Crippen LogP contribution is 2.34. The van der Waals surface area contributed by atoms with Gasteiger partial charge in [-0.1, -0.05) is 46.3 Å². The molecule has 0 N–H and O–H groups in total. The Hall–Kier alpha value is -4.44. The second kappa shape index (κ2) is 10.9. The van der Waals surface area contributed by atoms with Crippen LogP contribution in [0.5, 0.6) is 11.5 Å². The number of carbonyl (C=O) groups excluding carboxylic acids is 1. The van der Waals surface area contributed by atoms with Gasteiger partial charge in [0.2, 0.25) is 5.82 Å². The van der Waals surface area contributed by atoms with Crippen molar-refractivity contribution in [3.8, 4) is 23.1 Å². The van der Waals surface area contributed by atoms with E-state index in [1.807, 2.05) is 36.4 Å². The molecule has 0 spiro atoms. The van der Waals surface area contributed by atoms with Crippen LogP contribution in [-0.2, 0) is 9.53 Å². The number of benzene rings is 3. The van der Waals surface area contributed by atoms with Crippen LogP contribution in [0.3, 0.4) is 0 Å². The summed E-state index contributed by atoms with van der Waals surface area (Å²) in [5, 5.41) is 5.76. The average molecular weight is 576 g/mol. The summed E-state index contributed by atoms with van der Waals surface area (Å²) in [6.45, 7) is 1.62. The molecular formula is C28H22BrN3O6. The molecule has 0 unspecified atom stereocenters. The van der Waals surface area contributed by atoms with Gasteiger partial charge in [0.15, 0.2) is 23.9 Å². The van der Waals surface area contributed by atoms with Crippen LogP contribution >= 0.6 is 15.9 Å². The topological polar surface area (TPSA) is 105 Å². The molecule has 0 saturated carbocycles. The Kier molecular flexibility index (Phi) is 7.23. The molecule has 38 heavy (non-hydrogen) atoms. The van der Waals surface area contributed by atoms with E-state index in [-0.39, 0.29) is 30.3 Å². The maximum absolute atomic E-state index is 13.6. The van der Waals surface area contributed by atoms with Gasteiger partial charge in [0, 0.05) is 15.4 Å². The van der Waals surface area contributed by atoms with Gasteiger partial charge in [-0.15, -0.1) is 0 Å². The number of fused-ring (bicyclic) bond motifs is 2. The van der Waals surface area contributed by atoms with Gasteiger partial charge in [-0.2, -0.15) is 9.78 Å². The molecule has 10 heteroatoms. The highest BCUT2D eigenvalue weighted by Gasteiger charge is 2.18. The van der Waals surface area contributed by atoms with E-state index in [0.717, 1.165) is 5.39 Å². The van der Waals surface area contributed by atoms with E-state index in [9.17, 15) is 9.59 Å². The number of para-hydroxylation sites is 2. The van der Waals surface area contributed by atoms with Crippen molar-refractivity contribution < 1.29 is 23.4 Å². The van der Waals surface area contributed by atoms with Crippen LogP contribution in [-0.4, -0.2) is 42.2 Å². The maximum Gasteiger partial charge on any atom is 0.344 e. The molecule has 0 bridgehead atoms. The van der Waals surface area contributed by atoms with Crippen LogP contribution in [0.4, 0.5) is 0 Å². The van der Waals surface area contributed by atoms with Gasteiger partial charge in [0.25, 0.3) is 5.56 Å². The van der Waals surface area contributed by atoms with Gasteiger partial charge >= 0.3 is 5.97 Å². The molecule has 9 nitrogen and oxygen atoms in total. The number of aromatic nitrogens is 2. The molecule has 0 saturated heterocycles. The Balaban J connectivity index is 1.65. The Labute approximate surface area is 225 Å². The summed E-state index contributed by atoms with van der Waals surface area (Å²) in [7, 11) is 1.48. The number of methoxy groups -OCH3 is 1. The van der Waals surface area contributed by atoms with Crippen LogP contribution in [0.25, 0.3) is 33.5 Å². The summed E-state index contributed by atoms with van der Waals surface area (Å²) in [5.41, 5.74) is 1.25. The molecule has 0 amide bonds. The lowest BCUT2D eigenvalue weighted by Crippen LogP contribution is -2.20. The van der Waals surface area contributed by atoms with Crippen molar-refractivity contribution in [2.45, 2.75) is 6.92 Å². The molecule has 0 aliphatic rings. The first-order chi connectivity index (χ1) is 18.5. The van der Waals surface area contributed by atoms with Crippen molar-refractivity contribution >= 4 is 50.0 Å². The van der Waals surface area contributed by atoms with Gasteiger partial charge in [-0.05, 0) is 43.3 Å². The van der Waals surface area contributed by atoms with Crippen molar-refractivity contribution in [3.05, 3.63) is 87.1 Å². The fraction of sp³-hybridized carbons (Fsp3) is 0.143. The first-order valence-electron chi connectivity index (χ1n) is 11.7. The molecule has 5 rings (SSSR count). The third kappa shape index (κ3) is 5.03. The third-order valence-electron chi connectivity index (χ3n) is 5.62. The van der Waals surface area contributed by atoms with Crippen molar-refractivity contribution in [3.63, 3.8) is 0 Å². The summed E-state index contributed by atoms with van der Waals surface area (Å²) in [6, 6.07) is 19.8. The molecule has 2 aromatic heterocycles. The SMILES string of the molecule is CCOC(=O)COc1c(C=Nn2c(-c3cc4ccccc4o3)nc3ccccc3c2=O)cc(Br)cc1OC. The van der Waals surface area contributed by atoms with Gasteiger partial charge in [0.05, 0.1) is 30.8 Å². The standard InChI is InChI=1S/C28H22BrN3O6/c1-3-36-25(33)16-37-26-18(12-19(29)14-23(26)35-2)15-30-32-27(24-13-17-8-4-7-11-22(17)38-24)31-21-10-6-5-9-20(21)28(32)34/h4-15H,3,16H2,1-2H3. The molecule has 0 fully saturated rings. The van der Waals surface area contributed by atoms with Gasteiger partial charge in [-0.3, -0.25) is 4.79 Å². The fourth-order valence-corrected chi connectivity index (χ4v) is 4.38. The minimum Gasteiger partial charge on any atom is -0.493 e. The molecule has 0 atom stereocenters. The molecule has 192 valence electrons. The largest absolute Gasteiger partial charge is 0.493 e. The number of furan rings is 1. The molecule has 0 aliphatic heterocycles. The summed E-state index contributed by atoms with van der Waals surface area (Å²) in [6.07, 6.45) is 1.44. The monoisotopic (exact) mass is 575 g/mol. The Morgan fingerprint density at radius 1 is 1.13 bits per heavy atom. The van der Waals surface area contributed by atoms with Gasteiger partial charge in [-0.25, -0.2) is 9.78 Å². The molecular weight excluding hydrogens is 554 g/mol. The van der Waals surface area contributed by atoms with Crippen LogP contribution in [0.2, 0.25) is 0 Å². The Morgan fingerprint density at radius 3 is 2.71 bits per heavy atom. The third-order valence-corrected chi connectivity index (χ3v) is 6.08. The van der Waals surface area contributed by atoms with Crippen molar-refractivity contribution in [2.24, 2.45) is 5.10 Å². The number of hydrogen-bond acceptors (Lipinski definition) is 8. The predicted octanol–water partition coefficient (Wildman–Crippen LogP) is 5.40. The zero-order valence-corrected chi connectivity index (χ0v) is 22.1. The van der Waals surface area contributed by atoms with E-state index in [4.69, 9.17) is 23.6 Å². The number of hydrogen-bond donors (Lipinski definition) is 0. The molecule has 0 aliphatic carbocycles. The van der Waals surface area contributed by atoms with E-state index in [1.165, 1.54) is 18.0 Å². The second-order valence-corrected chi connectivity index (χ2v) is 9.00. The van der Waals surface area contributed by atoms with Crippen LogP contribution < -0.4 is 15.0 Å². The quantitative estimate of drug-likeness (QED) is 0.180. The number of nitrogens with zero attached hydrogens (tertiary/aromatic N) is 3. The summed E-state index contributed by atoms with van der Waals surface area (Å²) < 4.78 is 24.0. The van der Waals surface area contributed by atoms with Crippen molar-refractivity contribution in [1.29, 1.82) is 0 Å². The van der Waals surface area contributed by atoms with E-state index in [2.05, 4.69) is 21.0 Å². The average Bonchev–Trinajstić information content (AvgIpc) is 3.36.